The maximum atomic E-state index is 11.2. The van der Waals surface area contributed by atoms with Gasteiger partial charge in [0.15, 0.2) is 0 Å². The van der Waals surface area contributed by atoms with Gasteiger partial charge >= 0.3 is 0 Å². The fourth-order valence-corrected chi connectivity index (χ4v) is 3.41. The maximum Gasteiger partial charge on any atom is 0.150 e. The van der Waals surface area contributed by atoms with Gasteiger partial charge < -0.3 is 10.3 Å². The molecule has 1 aliphatic heterocycles. The van der Waals surface area contributed by atoms with E-state index in [0.717, 1.165) is 31.6 Å². The van der Waals surface area contributed by atoms with Crippen LogP contribution in [0.15, 0.2) is 12.4 Å². The first-order valence-corrected chi connectivity index (χ1v) is 7.40. The van der Waals surface area contributed by atoms with E-state index in [1.165, 1.54) is 0 Å². The monoisotopic (exact) mass is 243 g/mol. The van der Waals surface area contributed by atoms with Crippen molar-refractivity contribution < 1.29 is 8.42 Å². The normalized spacial score (nSPS) is 21.0. The van der Waals surface area contributed by atoms with Crippen molar-refractivity contribution in [2.75, 3.05) is 18.1 Å². The Kier molecular flexibility index (Phi) is 3.60. The Hall–Kier alpha value is -0.880. The van der Waals surface area contributed by atoms with E-state index in [2.05, 4.69) is 15.3 Å². The molecule has 90 valence electrons. The van der Waals surface area contributed by atoms with E-state index in [1.807, 2.05) is 6.20 Å². The van der Waals surface area contributed by atoms with Crippen LogP contribution in [0.4, 0.5) is 0 Å². The van der Waals surface area contributed by atoms with Crippen LogP contribution in [-0.4, -0.2) is 42.5 Å². The van der Waals surface area contributed by atoms with E-state index in [1.54, 1.807) is 6.20 Å². The average molecular weight is 243 g/mol. The largest absolute Gasteiger partial charge is 0.349 e. The first kappa shape index (κ1) is 11.6. The number of nitrogens with zero attached hydrogens (tertiary/aromatic N) is 1. The molecule has 5 nitrogen and oxygen atoms in total. The van der Waals surface area contributed by atoms with E-state index in [4.69, 9.17) is 0 Å². The topological polar surface area (TPSA) is 74.8 Å². The van der Waals surface area contributed by atoms with Crippen LogP contribution in [0.25, 0.3) is 0 Å². The summed E-state index contributed by atoms with van der Waals surface area (Å²) in [4.78, 5) is 7.17. The van der Waals surface area contributed by atoms with Crippen LogP contribution >= 0.6 is 0 Å². The molecule has 0 aromatic carbocycles. The Balaban J connectivity index is 1.68. The Labute approximate surface area is 95.6 Å². The average Bonchev–Trinajstić information content (AvgIpc) is 2.73. The minimum atomic E-state index is -2.74. The minimum Gasteiger partial charge on any atom is -0.349 e. The third-order valence-corrected chi connectivity index (χ3v) is 4.62. The van der Waals surface area contributed by atoms with E-state index in [9.17, 15) is 8.42 Å². The van der Waals surface area contributed by atoms with E-state index < -0.39 is 9.84 Å². The summed E-state index contributed by atoms with van der Waals surface area (Å²) in [6, 6.07) is 0.346. The molecular formula is C10H17N3O2S. The second-order valence-electron chi connectivity index (χ2n) is 4.17. The molecule has 1 saturated heterocycles. The van der Waals surface area contributed by atoms with Crippen LogP contribution < -0.4 is 5.32 Å². The smallest absolute Gasteiger partial charge is 0.150 e. The van der Waals surface area contributed by atoms with Crippen molar-refractivity contribution in [3.8, 4) is 0 Å². The Morgan fingerprint density at radius 3 is 2.81 bits per heavy atom. The van der Waals surface area contributed by atoms with Gasteiger partial charge in [0.25, 0.3) is 0 Å². The highest BCUT2D eigenvalue weighted by Crippen LogP contribution is 2.11. The van der Waals surface area contributed by atoms with Crippen LogP contribution in [-0.2, 0) is 16.3 Å². The minimum absolute atomic E-state index is 0.325. The Morgan fingerprint density at radius 1 is 1.44 bits per heavy atom. The van der Waals surface area contributed by atoms with Crippen LogP contribution in [0, 0.1) is 0 Å². The summed E-state index contributed by atoms with van der Waals surface area (Å²) in [6.07, 6.45) is 5.88. The number of imidazole rings is 1. The summed E-state index contributed by atoms with van der Waals surface area (Å²) >= 11 is 0. The summed E-state index contributed by atoms with van der Waals surface area (Å²) in [5.41, 5.74) is 0. The van der Waals surface area contributed by atoms with Gasteiger partial charge in [-0.25, -0.2) is 13.4 Å². The summed E-state index contributed by atoms with van der Waals surface area (Å²) in [6.45, 7) is 0.845. The highest BCUT2D eigenvalue weighted by atomic mass is 32.2. The number of sulfone groups is 1. The second kappa shape index (κ2) is 4.97. The van der Waals surface area contributed by atoms with Gasteiger partial charge in [-0.05, 0) is 12.8 Å². The van der Waals surface area contributed by atoms with Crippen molar-refractivity contribution in [1.29, 1.82) is 0 Å². The molecule has 0 spiro atoms. The molecule has 1 aliphatic rings. The molecule has 2 N–H and O–H groups in total. The molecule has 0 bridgehead atoms. The van der Waals surface area contributed by atoms with Crippen molar-refractivity contribution >= 4 is 9.84 Å². The van der Waals surface area contributed by atoms with Gasteiger partial charge in [0.05, 0.1) is 11.5 Å². The van der Waals surface area contributed by atoms with Crippen molar-refractivity contribution in [2.24, 2.45) is 0 Å². The first-order valence-electron chi connectivity index (χ1n) is 5.58. The number of hydrogen-bond acceptors (Lipinski definition) is 4. The molecular weight excluding hydrogens is 226 g/mol. The first-order chi connectivity index (χ1) is 7.66. The predicted octanol–water partition coefficient (Wildman–Crippen LogP) is 0.119. The highest BCUT2D eigenvalue weighted by molar-refractivity contribution is 7.91. The summed E-state index contributed by atoms with van der Waals surface area (Å²) in [5.74, 6) is 1.62. The molecule has 2 rings (SSSR count). The summed E-state index contributed by atoms with van der Waals surface area (Å²) < 4.78 is 22.4. The molecule has 0 aliphatic carbocycles. The summed E-state index contributed by atoms with van der Waals surface area (Å²) in [7, 11) is -2.74. The molecule has 0 amide bonds. The van der Waals surface area contributed by atoms with Crippen molar-refractivity contribution in [3.63, 3.8) is 0 Å². The molecule has 2 heterocycles. The quantitative estimate of drug-likeness (QED) is 0.787. The Bertz CT molecular complexity index is 399. The fourth-order valence-electron chi connectivity index (χ4n) is 1.92. The number of hydrogen-bond donors (Lipinski definition) is 2. The number of aromatic amines is 1. The molecule has 1 aromatic rings. The number of H-pyrrole nitrogens is 1. The molecule has 1 aromatic heterocycles. The second-order valence-corrected chi connectivity index (χ2v) is 6.47. The zero-order valence-corrected chi connectivity index (χ0v) is 9.96. The van der Waals surface area contributed by atoms with Crippen molar-refractivity contribution in [3.05, 3.63) is 18.2 Å². The van der Waals surface area contributed by atoms with Crippen LogP contribution in [0.1, 0.15) is 18.7 Å². The van der Waals surface area contributed by atoms with Gasteiger partial charge in [0, 0.05) is 31.4 Å². The lowest BCUT2D eigenvalue weighted by atomic mass is 10.1. The van der Waals surface area contributed by atoms with Crippen LogP contribution in [0.2, 0.25) is 0 Å². The molecule has 0 unspecified atom stereocenters. The molecule has 0 radical (unpaired) electrons. The van der Waals surface area contributed by atoms with E-state index >= 15 is 0 Å². The number of rotatable bonds is 4. The number of aromatic nitrogens is 2. The standard InChI is InChI=1S/C10H17N3O2S/c14-16(15)7-2-9(3-8-16)11-4-1-10-12-5-6-13-10/h5-6,9,11H,1-4,7-8H2,(H,12,13). The van der Waals surface area contributed by atoms with Gasteiger partial charge in [-0.2, -0.15) is 0 Å². The van der Waals surface area contributed by atoms with Gasteiger partial charge in [0.1, 0.15) is 15.7 Å². The van der Waals surface area contributed by atoms with Crippen molar-refractivity contribution in [1.82, 2.24) is 15.3 Å². The predicted molar refractivity (Wildman–Crippen MR) is 62.0 cm³/mol. The van der Waals surface area contributed by atoms with Gasteiger partial charge in [-0.1, -0.05) is 0 Å². The molecule has 6 heteroatoms. The molecule has 1 fully saturated rings. The van der Waals surface area contributed by atoms with E-state index in [0.29, 0.717) is 17.5 Å². The van der Waals surface area contributed by atoms with Gasteiger partial charge in [-0.15, -0.1) is 0 Å². The lowest BCUT2D eigenvalue weighted by molar-refractivity contribution is 0.464. The number of nitrogens with one attached hydrogen (secondary N) is 2. The van der Waals surface area contributed by atoms with Crippen LogP contribution in [0.3, 0.4) is 0 Å². The lowest BCUT2D eigenvalue weighted by Crippen LogP contribution is -2.38. The third kappa shape index (κ3) is 3.31. The van der Waals surface area contributed by atoms with Crippen molar-refractivity contribution in [2.45, 2.75) is 25.3 Å². The zero-order valence-electron chi connectivity index (χ0n) is 9.15. The molecule has 0 saturated carbocycles. The Morgan fingerprint density at radius 2 is 2.19 bits per heavy atom. The lowest BCUT2D eigenvalue weighted by Gasteiger charge is -2.22. The summed E-state index contributed by atoms with van der Waals surface area (Å²) in [5, 5.41) is 3.37. The van der Waals surface area contributed by atoms with E-state index in [-0.39, 0.29) is 0 Å². The van der Waals surface area contributed by atoms with Gasteiger partial charge in [0.2, 0.25) is 0 Å². The third-order valence-electron chi connectivity index (χ3n) is 2.90. The van der Waals surface area contributed by atoms with Gasteiger partial charge in [-0.3, -0.25) is 0 Å². The fraction of sp³-hybridized carbons (Fsp3) is 0.700. The maximum absolute atomic E-state index is 11.2. The zero-order chi connectivity index (χ0) is 11.4. The SMILES string of the molecule is O=S1(=O)CCC(NCCc2ncc[nH]2)CC1. The molecule has 16 heavy (non-hydrogen) atoms. The highest BCUT2D eigenvalue weighted by Gasteiger charge is 2.22. The molecule has 0 atom stereocenters. The van der Waals surface area contributed by atoms with Crippen LogP contribution in [0.5, 0.6) is 0 Å².